The smallest absolute Gasteiger partial charge is 0.0259 e. The molecule has 1 heterocycles. The molecule has 82 valence electrons. The standard InChI is InChI=1S/C11H23N3/c1-10-3-4-11(9-10)12-14-7-5-13(2)6-8-14/h10-12H,3-9H2,1-2H3. The Kier molecular flexibility index (Phi) is 3.42. The van der Waals surface area contributed by atoms with Gasteiger partial charge in [0.15, 0.2) is 0 Å². The van der Waals surface area contributed by atoms with Crippen molar-refractivity contribution in [3.05, 3.63) is 0 Å². The summed E-state index contributed by atoms with van der Waals surface area (Å²) in [4.78, 5) is 2.40. The minimum atomic E-state index is 0.758. The molecule has 3 nitrogen and oxygen atoms in total. The van der Waals surface area contributed by atoms with Crippen LogP contribution in [0.3, 0.4) is 0 Å². The van der Waals surface area contributed by atoms with Gasteiger partial charge in [0.1, 0.15) is 0 Å². The summed E-state index contributed by atoms with van der Waals surface area (Å²) in [6.07, 6.45) is 4.14. The molecule has 1 aliphatic heterocycles. The van der Waals surface area contributed by atoms with E-state index in [9.17, 15) is 0 Å². The summed E-state index contributed by atoms with van der Waals surface area (Å²) in [6, 6.07) is 0.758. The Labute approximate surface area is 87.4 Å². The summed E-state index contributed by atoms with van der Waals surface area (Å²) in [5.74, 6) is 0.931. The van der Waals surface area contributed by atoms with Gasteiger partial charge in [-0.05, 0) is 32.2 Å². The second kappa shape index (κ2) is 4.60. The zero-order chi connectivity index (χ0) is 9.97. The van der Waals surface area contributed by atoms with Crippen molar-refractivity contribution in [3.8, 4) is 0 Å². The zero-order valence-corrected chi connectivity index (χ0v) is 9.50. The van der Waals surface area contributed by atoms with Crippen LogP contribution < -0.4 is 5.43 Å². The molecule has 1 saturated heterocycles. The molecule has 2 fully saturated rings. The Bertz CT molecular complexity index is 175. The lowest BCUT2D eigenvalue weighted by molar-refractivity contribution is 0.0871. The zero-order valence-electron chi connectivity index (χ0n) is 9.50. The van der Waals surface area contributed by atoms with Gasteiger partial charge < -0.3 is 4.90 Å². The maximum absolute atomic E-state index is 3.68. The van der Waals surface area contributed by atoms with Crippen molar-refractivity contribution in [1.82, 2.24) is 15.3 Å². The molecule has 0 amide bonds. The quantitative estimate of drug-likeness (QED) is 0.710. The van der Waals surface area contributed by atoms with Gasteiger partial charge in [0, 0.05) is 32.2 Å². The van der Waals surface area contributed by atoms with Crippen LogP contribution in [0.25, 0.3) is 0 Å². The third kappa shape index (κ3) is 2.69. The van der Waals surface area contributed by atoms with Crippen LogP contribution in [0.2, 0.25) is 0 Å². The van der Waals surface area contributed by atoms with Gasteiger partial charge in [-0.25, -0.2) is 5.01 Å². The molecule has 0 aromatic carbocycles. The van der Waals surface area contributed by atoms with E-state index in [4.69, 9.17) is 0 Å². The first-order valence-corrected chi connectivity index (χ1v) is 5.93. The number of hydrogen-bond acceptors (Lipinski definition) is 3. The molecular weight excluding hydrogens is 174 g/mol. The first-order valence-electron chi connectivity index (χ1n) is 5.93. The molecule has 3 heteroatoms. The number of nitrogens with one attached hydrogen (secondary N) is 1. The lowest BCUT2D eigenvalue weighted by atomic mass is 10.1. The summed E-state index contributed by atoms with van der Waals surface area (Å²) in [6.45, 7) is 7.14. The maximum Gasteiger partial charge on any atom is 0.0259 e. The molecule has 2 aliphatic rings. The van der Waals surface area contributed by atoms with Gasteiger partial charge in [-0.2, -0.15) is 0 Å². The predicted octanol–water partition coefficient (Wildman–Crippen LogP) is 0.927. The van der Waals surface area contributed by atoms with Crippen molar-refractivity contribution < 1.29 is 0 Å². The van der Waals surface area contributed by atoms with Crippen LogP contribution in [0.1, 0.15) is 26.2 Å². The van der Waals surface area contributed by atoms with Crippen LogP contribution in [0.5, 0.6) is 0 Å². The van der Waals surface area contributed by atoms with Crippen LogP contribution in [0.15, 0.2) is 0 Å². The average molecular weight is 197 g/mol. The van der Waals surface area contributed by atoms with Crippen molar-refractivity contribution in [1.29, 1.82) is 0 Å². The molecule has 2 rings (SSSR count). The van der Waals surface area contributed by atoms with E-state index in [1.165, 1.54) is 45.4 Å². The van der Waals surface area contributed by atoms with E-state index in [1.54, 1.807) is 0 Å². The Morgan fingerprint density at radius 1 is 1.07 bits per heavy atom. The Morgan fingerprint density at radius 2 is 1.79 bits per heavy atom. The van der Waals surface area contributed by atoms with Crippen LogP contribution in [0.4, 0.5) is 0 Å². The van der Waals surface area contributed by atoms with Crippen molar-refractivity contribution in [2.45, 2.75) is 32.2 Å². The average Bonchev–Trinajstić information content (AvgIpc) is 2.56. The fourth-order valence-electron chi connectivity index (χ4n) is 2.52. The molecule has 0 spiro atoms. The minimum Gasteiger partial charge on any atom is -0.304 e. The first-order chi connectivity index (χ1) is 6.74. The third-order valence-electron chi connectivity index (χ3n) is 3.56. The summed E-state index contributed by atoms with van der Waals surface area (Å²) in [7, 11) is 2.20. The van der Waals surface area contributed by atoms with Crippen molar-refractivity contribution in [3.63, 3.8) is 0 Å². The van der Waals surface area contributed by atoms with Crippen molar-refractivity contribution in [2.24, 2.45) is 5.92 Å². The third-order valence-corrected chi connectivity index (χ3v) is 3.56. The molecule has 1 saturated carbocycles. The van der Waals surface area contributed by atoms with Crippen LogP contribution in [-0.4, -0.2) is 49.2 Å². The largest absolute Gasteiger partial charge is 0.304 e. The number of nitrogens with zero attached hydrogens (tertiary/aromatic N) is 2. The molecule has 2 unspecified atom stereocenters. The highest BCUT2D eigenvalue weighted by molar-refractivity contribution is 4.78. The van der Waals surface area contributed by atoms with Gasteiger partial charge in [-0.15, -0.1) is 0 Å². The van der Waals surface area contributed by atoms with E-state index < -0.39 is 0 Å². The van der Waals surface area contributed by atoms with Gasteiger partial charge >= 0.3 is 0 Å². The normalized spacial score (nSPS) is 36.4. The summed E-state index contributed by atoms with van der Waals surface area (Å²) in [5, 5.41) is 2.42. The lowest BCUT2D eigenvalue weighted by Gasteiger charge is -2.34. The lowest BCUT2D eigenvalue weighted by Crippen LogP contribution is -2.53. The molecule has 1 N–H and O–H groups in total. The molecular formula is C11H23N3. The van der Waals surface area contributed by atoms with Gasteiger partial charge in [-0.1, -0.05) is 6.92 Å². The number of hydrazine groups is 1. The number of hydrogen-bond donors (Lipinski definition) is 1. The minimum absolute atomic E-state index is 0.758. The fraction of sp³-hybridized carbons (Fsp3) is 1.00. The van der Waals surface area contributed by atoms with Crippen LogP contribution in [-0.2, 0) is 0 Å². The van der Waals surface area contributed by atoms with Gasteiger partial charge in [-0.3, -0.25) is 5.43 Å². The van der Waals surface area contributed by atoms with E-state index in [2.05, 4.69) is 29.3 Å². The Morgan fingerprint density at radius 3 is 2.36 bits per heavy atom. The molecule has 14 heavy (non-hydrogen) atoms. The number of rotatable bonds is 2. The molecule has 2 atom stereocenters. The fourth-order valence-corrected chi connectivity index (χ4v) is 2.52. The summed E-state index contributed by atoms with van der Waals surface area (Å²) in [5.41, 5.74) is 3.68. The van der Waals surface area contributed by atoms with E-state index in [0.29, 0.717) is 0 Å². The first kappa shape index (κ1) is 10.4. The van der Waals surface area contributed by atoms with E-state index in [-0.39, 0.29) is 0 Å². The van der Waals surface area contributed by atoms with Crippen LogP contribution in [0, 0.1) is 5.92 Å². The number of likely N-dealkylation sites (N-methyl/N-ethyl adjacent to an activating group) is 1. The van der Waals surface area contributed by atoms with Gasteiger partial charge in [0.25, 0.3) is 0 Å². The molecule has 0 radical (unpaired) electrons. The van der Waals surface area contributed by atoms with Gasteiger partial charge in [0.2, 0.25) is 0 Å². The van der Waals surface area contributed by atoms with Gasteiger partial charge in [0.05, 0.1) is 0 Å². The monoisotopic (exact) mass is 197 g/mol. The number of piperazine rings is 1. The second-order valence-corrected chi connectivity index (χ2v) is 5.03. The highest BCUT2D eigenvalue weighted by atomic mass is 15.5. The highest BCUT2D eigenvalue weighted by Crippen LogP contribution is 2.24. The maximum atomic E-state index is 3.68. The van der Waals surface area contributed by atoms with Crippen molar-refractivity contribution >= 4 is 0 Å². The highest BCUT2D eigenvalue weighted by Gasteiger charge is 2.23. The summed E-state index contributed by atoms with van der Waals surface area (Å²) < 4.78 is 0. The summed E-state index contributed by atoms with van der Waals surface area (Å²) >= 11 is 0. The van der Waals surface area contributed by atoms with E-state index in [0.717, 1.165) is 12.0 Å². The molecule has 0 aromatic rings. The Hall–Kier alpha value is -0.120. The van der Waals surface area contributed by atoms with E-state index >= 15 is 0 Å². The molecule has 0 aromatic heterocycles. The Balaban J connectivity index is 1.70. The van der Waals surface area contributed by atoms with Crippen molar-refractivity contribution in [2.75, 3.05) is 33.2 Å². The predicted molar refractivity (Wildman–Crippen MR) is 59.0 cm³/mol. The topological polar surface area (TPSA) is 18.5 Å². The molecule has 0 bridgehead atoms. The SMILES string of the molecule is CC1CCC(NN2CCN(C)CC2)C1. The van der Waals surface area contributed by atoms with Crippen LogP contribution >= 0.6 is 0 Å². The molecule has 1 aliphatic carbocycles. The second-order valence-electron chi connectivity index (χ2n) is 5.03. The van der Waals surface area contributed by atoms with E-state index in [1.807, 2.05) is 0 Å².